The van der Waals surface area contributed by atoms with Crippen molar-refractivity contribution < 1.29 is 0 Å². The van der Waals surface area contributed by atoms with E-state index in [-0.39, 0.29) is 5.92 Å². The van der Waals surface area contributed by atoms with Gasteiger partial charge in [-0.1, -0.05) is 30.3 Å². The first-order valence-electron chi connectivity index (χ1n) is 5.23. The van der Waals surface area contributed by atoms with Gasteiger partial charge in [0.25, 0.3) is 0 Å². The summed E-state index contributed by atoms with van der Waals surface area (Å²) in [7, 11) is 0. The molecule has 2 rings (SSSR count). The molecular formula is C12H14ClN3. The van der Waals surface area contributed by atoms with Crippen molar-refractivity contribution in [2.24, 2.45) is 5.73 Å². The first-order chi connectivity index (χ1) is 7.81. The molecule has 0 aliphatic heterocycles. The van der Waals surface area contributed by atoms with Gasteiger partial charge in [0.05, 0.1) is 0 Å². The van der Waals surface area contributed by atoms with E-state index in [9.17, 15) is 0 Å². The van der Waals surface area contributed by atoms with E-state index in [2.05, 4.69) is 17.1 Å². The summed E-state index contributed by atoms with van der Waals surface area (Å²) in [4.78, 5) is 3.99. The van der Waals surface area contributed by atoms with E-state index in [0.717, 1.165) is 6.54 Å². The molecular weight excluding hydrogens is 222 g/mol. The monoisotopic (exact) mass is 235 g/mol. The summed E-state index contributed by atoms with van der Waals surface area (Å²) in [6.07, 6.45) is 3.56. The number of nitrogens with zero attached hydrogens (tertiary/aromatic N) is 2. The minimum absolute atomic E-state index is 0.271. The Kier molecular flexibility index (Phi) is 3.59. The van der Waals surface area contributed by atoms with Crippen LogP contribution in [-0.4, -0.2) is 16.1 Å². The van der Waals surface area contributed by atoms with Gasteiger partial charge in [-0.3, -0.25) is 0 Å². The van der Waals surface area contributed by atoms with Crippen molar-refractivity contribution in [3.63, 3.8) is 0 Å². The first kappa shape index (κ1) is 11.2. The third-order valence-corrected chi connectivity index (χ3v) is 2.95. The highest BCUT2D eigenvalue weighted by Crippen LogP contribution is 2.18. The molecule has 1 heterocycles. The molecule has 0 spiro atoms. The second-order valence-electron chi connectivity index (χ2n) is 3.69. The summed E-state index contributed by atoms with van der Waals surface area (Å²) in [5, 5.41) is 0.509. The Morgan fingerprint density at radius 2 is 2.06 bits per heavy atom. The van der Waals surface area contributed by atoms with Crippen LogP contribution in [0.3, 0.4) is 0 Å². The van der Waals surface area contributed by atoms with Gasteiger partial charge in [0.15, 0.2) is 0 Å². The smallest absolute Gasteiger partial charge is 0.202 e. The lowest BCUT2D eigenvalue weighted by atomic mass is 9.99. The van der Waals surface area contributed by atoms with E-state index in [4.69, 9.17) is 17.3 Å². The SMILES string of the molecule is NCC(Cn1ccnc1Cl)c1ccccc1. The summed E-state index contributed by atoms with van der Waals surface area (Å²) in [6, 6.07) is 10.2. The van der Waals surface area contributed by atoms with E-state index in [1.807, 2.05) is 29.0 Å². The van der Waals surface area contributed by atoms with E-state index < -0.39 is 0 Å². The topological polar surface area (TPSA) is 43.8 Å². The molecule has 0 saturated heterocycles. The van der Waals surface area contributed by atoms with Gasteiger partial charge in [-0.2, -0.15) is 0 Å². The van der Waals surface area contributed by atoms with Crippen LogP contribution < -0.4 is 5.73 Å². The lowest BCUT2D eigenvalue weighted by molar-refractivity contribution is 0.567. The third kappa shape index (κ3) is 2.43. The molecule has 1 aromatic heterocycles. The second kappa shape index (κ2) is 5.14. The zero-order valence-corrected chi connectivity index (χ0v) is 9.64. The first-order valence-corrected chi connectivity index (χ1v) is 5.60. The minimum atomic E-state index is 0.271. The van der Waals surface area contributed by atoms with Crippen LogP contribution in [0.5, 0.6) is 0 Å². The van der Waals surface area contributed by atoms with Crippen molar-refractivity contribution in [2.45, 2.75) is 12.5 Å². The number of benzene rings is 1. The maximum absolute atomic E-state index is 5.94. The Labute approximate surface area is 99.9 Å². The van der Waals surface area contributed by atoms with E-state index in [0.29, 0.717) is 11.8 Å². The van der Waals surface area contributed by atoms with Crippen molar-refractivity contribution in [2.75, 3.05) is 6.54 Å². The highest BCUT2D eigenvalue weighted by molar-refractivity contribution is 6.28. The fraction of sp³-hybridized carbons (Fsp3) is 0.250. The van der Waals surface area contributed by atoms with E-state index in [1.165, 1.54) is 5.56 Å². The Morgan fingerprint density at radius 3 is 2.62 bits per heavy atom. The van der Waals surface area contributed by atoms with Crippen molar-refractivity contribution >= 4 is 11.6 Å². The number of hydrogen-bond donors (Lipinski definition) is 1. The maximum Gasteiger partial charge on any atom is 0.202 e. The fourth-order valence-electron chi connectivity index (χ4n) is 1.73. The molecule has 0 aliphatic carbocycles. The normalized spacial score (nSPS) is 12.6. The molecule has 0 radical (unpaired) electrons. The Bertz CT molecular complexity index is 439. The summed E-state index contributed by atoms with van der Waals surface area (Å²) >= 11 is 5.94. The van der Waals surface area contributed by atoms with Gasteiger partial charge in [0, 0.05) is 31.4 Å². The zero-order valence-electron chi connectivity index (χ0n) is 8.88. The molecule has 1 aromatic carbocycles. The Morgan fingerprint density at radius 1 is 1.31 bits per heavy atom. The van der Waals surface area contributed by atoms with Crippen LogP contribution in [0.2, 0.25) is 5.28 Å². The van der Waals surface area contributed by atoms with E-state index in [1.54, 1.807) is 6.20 Å². The lowest BCUT2D eigenvalue weighted by Crippen LogP contribution is -2.18. The number of halogens is 1. The van der Waals surface area contributed by atoms with Crippen LogP contribution in [0.4, 0.5) is 0 Å². The molecule has 16 heavy (non-hydrogen) atoms. The molecule has 2 aromatic rings. The van der Waals surface area contributed by atoms with Crippen molar-refractivity contribution in [3.8, 4) is 0 Å². The van der Waals surface area contributed by atoms with Crippen LogP contribution in [0.15, 0.2) is 42.7 Å². The molecule has 2 N–H and O–H groups in total. The average molecular weight is 236 g/mol. The molecule has 4 heteroatoms. The molecule has 0 bridgehead atoms. The average Bonchev–Trinajstić information content (AvgIpc) is 2.73. The van der Waals surface area contributed by atoms with Crippen LogP contribution >= 0.6 is 11.6 Å². The highest BCUT2D eigenvalue weighted by Gasteiger charge is 2.11. The van der Waals surface area contributed by atoms with Gasteiger partial charge in [0.2, 0.25) is 5.28 Å². The third-order valence-electron chi connectivity index (χ3n) is 2.64. The van der Waals surface area contributed by atoms with Gasteiger partial charge in [-0.15, -0.1) is 0 Å². The second-order valence-corrected chi connectivity index (χ2v) is 4.03. The summed E-state index contributed by atoms with van der Waals surface area (Å²) < 4.78 is 1.91. The van der Waals surface area contributed by atoms with Crippen LogP contribution in [-0.2, 0) is 6.54 Å². The van der Waals surface area contributed by atoms with Crippen LogP contribution in [0, 0.1) is 0 Å². The predicted molar refractivity (Wildman–Crippen MR) is 65.5 cm³/mol. The summed E-state index contributed by atoms with van der Waals surface area (Å²) in [5.74, 6) is 0.271. The fourth-order valence-corrected chi connectivity index (χ4v) is 1.91. The number of imidazole rings is 1. The molecule has 1 atom stereocenters. The molecule has 0 fully saturated rings. The predicted octanol–water partition coefficient (Wildman–Crippen LogP) is 2.28. The summed E-state index contributed by atoms with van der Waals surface area (Å²) in [5.41, 5.74) is 7.03. The van der Waals surface area contributed by atoms with Gasteiger partial charge in [-0.25, -0.2) is 4.98 Å². The lowest BCUT2D eigenvalue weighted by Gasteiger charge is -2.16. The Balaban J connectivity index is 2.16. The number of hydrogen-bond acceptors (Lipinski definition) is 2. The number of nitrogens with two attached hydrogens (primary N) is 1. The van der Waals surface area contributed by atoms with Crippen molar-refractivity contribution in [1.82, 2.24) is 9.55 Å². The standard InChI is InChI=1S/C12H14ClN3/c13-12-15-6-7-16(12)9-11(8-14)10-4-2-1-3-5-10/h1-7,11H,8-9,14H2. The number of aromatic nitrogens is 2. The van der Waals surface area contributed by atoms with Gasteiger partial charge in [0.1, 0.15) is 0 Å². The van der Waals surface area contributed by atoms with Crippen molar-refractivity contribution in [1.29, 1.82) is 0 Å². The zero-order chi connectivity index (χ0) is 11.4. The summed E-state index contributed by atoms with van der Waals surface area (Å²) in [6.45, 7) is 1.36. The van der Waals surface area contributed by atoms with Crippen molar-refractivity contribution in [3.05, 3.63) is 53.6 Å². The quantitative estimate of drug-likeness (QED) is 0.884. The highest BCUT2D eigenvalue weighted by atomic mass is 35.5. The molecule has 3 nitrogen and oxygen atoms in total. The van der Waals surface area contributed by atoms with Gasteiger partial charge < -0.3 is 10.3 Å². The van der Waals surface area contributed by atoms with Gasteiger partial charge in [-0.05, 0) is 17.2 Å². The molecule has 0 aliphatic rings. The molecule has 0 saturated carbocycles. The van der Waals surface area contributed by atoms with Crippen LogP contribution in [0.25, 0.3) is 0 Å². The molecule has 0 amide bonds. The largest absolute Gasteiger partial charge is 0.330 e. The molecule has 1 unspecified atom stereocenters. The van der Waals surface area contributed by atoms with Gasteiger partial charge >= 0.3 is 0 Å². The Hall–Kier alpha value is -1.32. The van der Waals surface area contributed by atoms with Crippen LogP contribution in [0.1, 0.15) is 11.5 Å². The molecule has 84 valence electrons. The minimum Gasteiger partial charge on any atom is -0.330 e. The maximum atomic E-state index is 5.94. The number of rotatable bonds is 4. The van der Waals surface area contributed by atoms with E-state index >= 15 is 0 Å².